The lowest BCUT2D eigenvalue weighted by Gasteiger charge is -2.39. The lowest BCUT2D eigenvalue weighted by molar-refractivity contribution is -0.143. The van der Waals surface area contributed by atoms with Crippen molar-refractivity contribution in [3.8, 4) is 5.75 Å². The lowest BCUT2D eigenvalue weighted by Crippen LogP contribution is -2.56. The van der Waals surface area contributed by atoms with Crippen LogP contribution in [0.15, 0.2) is 49.6 Å². The van der Waals surface area contributed by atoms with Crippen LogP contribution < -0.4 is 9.64 Å². The maximum atomic E-state index is 14.6. The molecule has 4 rings (SSSR count). The molecule has 3 amide bonds. The summed E-state index contributed by atoms with van der Waals surface area (Å²) >= 11 is 1.70. The molecule has 236 valence electrons. The van der Waals surface area contributed by atoms with E-state index in [2.05, 4.69) is 20.1 Å². The number of carbonyl (C=O) groups excluding carboxylic acids is 3. The van der Waals surface area contributed by atoms with Crippen molar-refractivity contribution in [2.75, 3.05) is 37.7 Å². The number of likely N-dealkylation sites (tertiary alicyclic amines) is 1. The minimum atomic E-state index is -0.665. The van der Waals surface area contributed by atoms with Crippen LogP contribution in [0.4, 0.5) is 5.69 Å². The molecule has 2 unspecified atom stereocenters. The number of fused-ring (bicyclic) bond motifs is 1. The number of thioether (sulfide) groups is 1. The Bertz CT molecular complexity index is 1190. The van der Waals surface area contributed by atoms with Gasteiger partial charge in [0, 0.05) is 42.7 Å². The zero-order valence-corrected chi connectivity index (χ0v) is 27.1. The molecular weight excluding hydrogens is 562 g/mol. The van der Waals surface area contributed by atoms with Crippen molar-refractivity contribution in [1.29, 1.82) is 0 Å². The number of hydrogen-bond donors (Lipinski definition) is 1. The summed E-state index contributed by atoms with van der Waals surface area (Å²) in [5, 5.41) is 9.21. The second-order valence-corrected chi connectivity index (χ2v) is 14.3. The van der Waals surface area contributed by atoms with E-state index in [0.717, 1.165) is 50.0 Å². The average Bonchev–Trinajstić information content (AvgIpc) is 3.55. The van der Waals surface area contributed by atoms with Crippen molar-refractivity contribution in [2.24, 2.45) is 11.8 Å². The summed E-state index contributed by atoms with van der Waals surface area (Å²) in [6, 6.07) is 6.78. The molecule has 2 bridgehead atoms. The largest absolute Gasteiger partial charge is 0.494 e. The Hall–Kier alpha value is -2.78. The molecule has 43 heavy (non-hydrogen) atoms. The first-order valence-corrected chi connectivity index (χ1v) is 16.6. The van der Waals surface area contributed by atoms with Crippen LogP contribution in [-0.4, -0.2) is 87.1 Å². The van der Waals surface area contributed by atoms with Crippen LogP contribution in [0.3, 0.4) is 0 Å². The van der Waals surface area contributed by atoms with E-state index in [1.54, 1.807) is 33.7 Å². The minimum absolute atomic E-state index is 0.0539. The van der Waals surface area contributed by atoms with Crippen LogP contribution in [0.2, 0.25) is 0 Å². The number of unbranched alkanes of at least 4 members (excludes halogenated alkanes) is 3. The molecule has 3 fully saturated rings. The van der Waals surface area contributed by atoms with Gasteiger partial charge in [-0.25, -0.2) is 0 Å². The van der Waals surface area contributed by atoms with E-state index >= 15 is 0 Å². The molecule has 3 aliphatic rings. The van der Waals surface area contributed by atoms with Crippen molar-refractivity contribution < 1.29 is 24.2 Å². The number of anilines is 1. The second kappa shape index (κ2) is 13.9. The smallest absolute Gasteiger partial charge is 0.247 e. The third-order valence-corrected chi connectivity index (χ3v) is 11.3. The highest BCUT2D eigenvalue weighted by Crippen LogP contribution is 2.71. The standard InChI is InChI=1S/C34H49N3O5S/c1-7-20-35(24(4)5)32(41)29-34-19-18-33(6,43-34)27(28(34)31(40)37(29)22-12-10-11-13-23-38)30(39)36(21-8-2)25-14-16-26(17-15-25)42-9-3/h7-8,14-17,24,27-29,38H,1-2,9-13,18-23H2,3-6H3/t27-,28-,29?,33+,34?/m0/s1. The lowest BCUT2D eigenvalue weighted by atomic mass is 9.66. The molecule has 5 atom stereocenters. The Labute approximate surface area is 261 Å². The fourth-order valence-corrected chi connectivity index (χ4v) is 9.77. The summed E-state index contributed by atoms with van der Waals surface area (Å²) in [6.07, 6.45) is 8.13. The molecule has 0 radical (unpaired) electrons. The monoisotopic (exact) mass is 611 g/mol. The highest BCUT2D eigenvalue weighted by Gasteiger charge is 2.77. The van der Waals surface area contributed by atoms with Gasteiger partial charge in [0.05, 0.1) is 23.2 Å². The van der Waals surface area contributed by atoms with E-state index in [9.17, 15) is 19.5 Å². The number of ether oxygens (including phenoxy) is 1. The maximum Gasteiger partial charge on any atom is 0.247 e. The van der Waals surface area contributed by atoms with E-state index in [-0.39, 0.29) is 30.4 Å². The number of benzene rings is 1. The minimum Gasteiger partial charge on any atom is -0.494 e. The van der Waals surface area contributed by atoms with Gasteiger partial charge in [-0.15, -0.1) is 24.9 Å². The predicted molar refractivity (Wildman–Crippen MR) is 173 cm³/mol. The third kappa shape index (κ3) is 6.12. The summed E-state index contributed by atoms with van der Waals surface area (Å²) in [6.45, 7) is 17.7. The third-order valence-electron chi connectivity index (χ3n) is 9.35. The van der Waals surface area contributed by atoms with Crippen LogP contribution >= 0.6 is 11.8 Å². The van der Waals surface area contributed by atoms with Gasteiger partial charge in [-0.1, -0.05) is 25.0 Å². The predicted octanol–water partition coefficient (Wildman–Crippen LogP) is 5.06. The summed E-state index contributed by atoms with van der Waals surface area (Å²) in [4.78, 5) is 48.9. The number of aliphatic hydroxyl groups is 1. The highest BCUT2D eigenvalue weighted by molar-refractivity contribution is 8.02. The Morgan fingerprint density at radius 1 is 1.09 bits per heavy atom. The normalized spacial score (nSPS) is 27.3. The van der Waals surface area contributed by atoms with Gasteiger partial charge in [-0.3, -0.25) is 14.4 Å². The van der Waals surface area contributed by atoms with Gasteiger partial charge in [0.2, 0.25) is 17.7 Å². The van der Waals surface area contributed by atoms with E-state index < -0.39 is 27.4 Å². The number of nitrogens with zero attached hydrogens (tertiary/aromatic N) is 3. The van der Waals surface area contributed by atoms with Crippen LogP contribution in [0.25, 0.3) is 0 Å². The van der Waals surface area contributed by atoms with E-state index in [0.29, 0.717) is 26.2 Å². The molecule has 3 saturated heterocycles. The molecule has 3 heterocycles. The van der Waals surface area contributed by atoms with Crippen molar-refractivity contribution >= 4 is 35.2 Å². The number of amides is 3. The SMILES string of the molecule is C=CCN(C(=O)[C@@H]1[C@H]2C(=O)N(CCCCCCO)C(C(=O)N(CC=C)C(C)C)C23CC[C@@]1(C)S3)c1ccc(OCC)cc1. The quantitative estimate of drug-likeness (QED) is 0.208. The number of hydrogen-bond acceptors (Lipinski definition) is 6. The molecule has 9 heteroatoms. The Morgan fingerprint density at radius 2 is 1.77 bits per heavy atom. The molecule has 1 aromatic carbocycles. The maximum absolute atomic E-state index is 14.6. The molecule has 1 spiro atoms. The molecule has 0 aromatic heterocycles. The van der Waals surface area contributed by atoms with Crippen LogP contribution in [0, 0.1) is 11.8 Å². The Balaban J connectivity index is 1.72. The van der Waals surface area contributed by atoms with E-state index in [1.165, 1.54) is 0 Å². The van der Waals surface area contributed by atoms with E-state index in [1.807, 2.05) is 49.9 Å². The molecule has 1 aromatic rings. The van der Waals surface area contributed by atoms with Gasteiger partial charge in [0.15, 0.2) is 0 Å². The van der Waals surface area contributed by atoms with Crippen molar-refractivity contribution in [3.63, 3.8) is 0 Å². The van der Waals surface area contributed by atoms with Crippen LogP contribution in [-0.2, 0) is 14.4 Å². The van der Waals surface area contributed by atoms with Crippen molar-refractivity contribution in [3.05, 3.63) is 49.6 Å². The van der Waals surface area contributed by atoms with Gasteiger partial charge in [-0.2, -0.15) is 0 Å². The fourth-order valence-electron chi connectivity index (χ4n) is 7.43. The highest BCUT2D eigenvalue weighted by atomic mass is 32.2. The summed E-state index contributed by atoms with van der Waals surface area (Å²) in [5.41, 5.74) is 0.731. The number of aliphatic hydroxyl groups excluding tert-OH is 1. The zero-order chi connectivity index (χ0) is 31.4. The summed E-state index contributed by atoms with van der Waals surface area (Å²) < 4.78 is 4.48. The van der Waals surface area contributed by atoms with Gasteiger partial charge in [0.25, 0.3) is 0 Å². The molecule has 8 nitrogen and oxygen atoms in total. The number of rotatable bonds is 16. The first-order valence-electron chi connectivity index (χ1n) is 15.8. The molecule has 1 N–H and O–H groups in total. The second-order valence-electron chi connectivity index (χ2n) is 12.4. The Morgan fingerprint density at radius 3 is 2.37 bits per heavy atom. The fraction of sp³-hybridized carbons (Fsp3) is 0.618. The zero-order valence-electron chi connectivity index (χ0n) is 26.3. The van der Waals surface area contributed by atoms with E-state index in [4.69, 9.17) is 4.74 Å². The molecule has 3 aliphatic heterocycles. The van der Waals surface area contributed by atoms with Gasteiger partial charge in [-0.05, 0) is 77.6 Å². The van der Waals surface area contributed by atoms with Gasteiger partial charge in [0.1, 0.15) is 11.8 Å². The summed E-state index contributed by atoms with van der Waals surface area (Å²) in [7, 11) is 0. The van der Waals surface area contributed by atoms with Crippen molar-refractivity contribution in [1.82, 2.24) is 9.80 Å². The Kier molecular flexibility index (Phi) is 10.7. The van der Waals surface area contributed by atoms with Crippen LogP contribution in [0.1, 0.15) is 66.2 Å². The van der Waals surface area contributed by atoms with Crippen molar-refractivity contribution in [2.45, 2.75) is 87.8 Å². The van der Waals surface area contributed by atoms with Gasteiger partial charge < -0.3 is 24.5 Å². The number of carbonyl (C=O) groups is 3. The molecule has 0 aliphatic carbocycles. The first kappa shape index (κ1) is 33.1. The van der Waals surface area contributed by atoms with Gasteiger partial charge >= 0.3 is 0 Å². The topological polar surface area (TPSA) is 90.4 Å². The van der Waals surface area contributed by atoms with Crippen LogP contribution in [0.5, 0.6) is 5.75 Å². The first-order chi connectivity index (χ1) is 20.6. The summed E-state index contributed by atoms with van der Waals surface area (Å²) in [5.74, 6) is -0.644. The average molecular weight is 612 g/mol. The molecular formula is C34H49N3O5S. The molecule has 0 saturated carbocycles.